The van der Waals surface area contributed by atoms with Crippen LogP contribution in [0.4, 0.5) is 5.95 Å². The first-order valence-electron chi connectivity index (χ1n) is 9.06. The molecule has 6 nitrogen and oxygen atoms in total. The van der Waals surface area contributed by atoms with E-state index in [0.717, 1.165) is 35.4 Å². The van der Waals surface area contributed by atoms with E-state index in [0.29, 0.717) is 11.9 Å². The Morgan fingerprint density at radius 2 is 1.92 bits per heavy atom. The number of nitrogens with two attached hydrogens (primary N) is 1. The number of hydrogen-bond donors (Lipinski definition) is 2. The van der Waals surface area contributed by atoms with Gasteiger partial charge >= 0.3 is 0 Å². The molecule has 6 heteroatoms. The number of para-hydroxylation sites is 2. The maximum absolute atomic E-state index is 5.98. The topological polar surface area (TPSA) is 77.5 Å². The zero-order valence-electron chi connectivity index (χ0n) is 14.9. The SMILES string of the molecule is CCCCCOc1ccc([C@H]2N=C(N)Nc3nc4ccccc4n32)cc1. The van der Waals surface area contributed by atoms with Crippen LogP contribution >= 0.6 is 0 Å². The molecule has 1 aliphatic rings. The van der Waals surface area contributed by atoms with Crippen LogP contribution in [0.5, 0.6) is 5.75 Å². The summed E-state index contributed by atoms with van der Waals surface area (Å²) >= 11 is 0. The molecule has 2 aromatic carbocycles. The summed E-state index contributed by atoms with van der Waals surface area (Å²) in [6.45, 7) is 2.94. The molecule has 0 fully saturated rings. The van der Waals surface area contributed by atoms with Gasteiger partial charge in [-0.1, -0.05) is 44.0 Å². The molecule has 0 unspecified atom stereocenters. The van der Waals surface area contributed by atoms with E-state index in [9.17, 15) is 0 Å². The second-order valence-electron chi connectivity index (χ2n) is 6.43. The predicted octanol–water partition coefficient (Wildman–Crippen LogP) is 3.89. The number of unbranched alkanes of at least 4 members (excludes halogenated alkanes) is 2. The summed E-state index contributed by atoms with van der Waals surface area (Å²) in [5.41, 5.74) is 8.97. The highest BCUT2D eigenvalue weighted by Gasteiger charge is 2.24. The van der Waals surface area contributed by atoms with Gasteiger partial charge in [-0.25, -0.2) is 9.98 Å². The van der Waals surface area contributed by atoms with Gasteiger partial charge in [-0.05, 0) is 36.2 Å². The van der Waals surface area contributed by atoms with Crippen LogP contribution < -0.4 is 15.8 Å². The zero-order valence-corrected chi connectivity index (χ0v) is 14.9. The number of nitrogens with zero attached hydrogens (tertiary/aromatic N) is 3. The van der Waals surface area contributed by atoms with E-state index in [1.54, 1.807) is 0 Å². The molecule has 3 N–H and O–H groups in total. The smallest absolute Gasteiger partial charge is 0.212 e. The molecule has 1 aliphatic heterocycles. The first-order valence-corrected chi connectivity index (χ1v) is 9.06. The van der Waals surface area contributed by atoms with Crippen LogP contribution in [0.15, 0.2) is 53.5 Å². The van der Waals surface area contributed by atoms with Crippen molar-refractivity contribution in [2.75, 3.05) is 11.9 Å². The maximum atomic E-state index is 5.98. The molecule has 0 bridgehead atoms. The van der Waals surface area contributed by atoms with Crippen LogP contribution in [0.2, 0.25) is 0 Å². The number of rotatable bonds is 6. The Balaban J connectivity index is 1.62. The van der Waals surface area contributed by atoms with Crippen LogP contribution in [0.3, 0.4) is 0 Å². The van der Waals surface area contributed by atoms with E-state index in [1.807, 2.05) is 48.5 Å². The highest BCUT2D eigenvalue weighted by atomic mass is 16.5. The number of hydrogen-bond acceptors (Lipinski definition) is 5. The number of aliphatic imine (C=N–C) groups is 1. The summed E-state index contributed by atoms with van der Waals surface area (Å²) in [7, 11) is 0. The molecule has 26 heavy (non-hydrogen) atoms. The standard InChI is InChI=1S/C20H23N5O/c1-2-3-6-13-26-15-11-9-14(10-12-15)18-23-19(21)24-20-22-16-7-4-5-8-17(16)25(18)20/h4-5,7-12,18H,2-3,6,13H2,1H3,(H3,21,22,23,24)/t18-/m0/s1. The number of fused-ring (bicyclic) bond motifs is 3. The molecule has 1 atom stereocenters. The summed E-state index contributed by atoms with van der Waals surface area (Å²) in [6, 6.07) is 16.1. The summed E-state index contributed by atoms with van der Waals surface area (Å²) in [6.07, 6.45) is 3.22. The Hall–Kier alpha value is -3.02. The molecular formula is C20H23N5O. The quantitative estimate of drug-likeness (QED) is 0.662. The second kappa shape index (κ2) is 7.07. The van der Waals surface area contributed by atoms with E-state index in [1.165, 1.54) is 12.8 Å². The fourth-order valence-electron chi connectivity index (χ4n) is 3.22. The van der Waals surface area contributed by atoms with Crippen molar-refractivity contribution in [2.24, 2.45) is 10.7 Å². The summed E-state index contributed by atoms with van der Waals surface area (Å²) in [4.78, 5) is 9.22. The van der Waals surface area contributed by atoms with E-state index >= 15 is 0 Å². The molecule has 1 aromatic heterocycles. The number of guanidine groups is 1. The van der Waals surface area contributed by atoms with Crippen LogP contribution in [0.25, 0.3) is 11.0 Å². The lowest BCUT2D eigenvalue weighted by molar-refractivity contribution is 0.306. The van der Waals surface area contributed by atoms with Gasteiger partial charge in [-0.2, -0.15) is 0 Å². The minimum absolute atomic E-state index is 0.243. The Labute approximate surface area is 152 Å². The lowest BCUT2D eigenvalue weighted by Crippen LogP contribution is -2.31. The molecule has 0 saturated carbocycles. The van der Waals surface area contributed by atoms with Gasteiger partial charge in [0, 0.05) is 0 Å². The number of ether oxygens (including phenoxy) is 1. The number of aromatic nitrogens is 2. The van der Waals surface area contributed by atoms with Gasteiger partial charge in [0.15, 0.2) is 12.1 Å². The number of anilines is 1. The van der Waals surface area contributed by atoms with Crippen molar-refractivity contribution in [3.63, 3.8) is 0 Å². The van der Waals surface area contributed by atoms with Gasteiger partial charge in [0.2, 0.25) is 5.95 Å². The average Bonchev–Trinajstić information content (AvgIpc) is 3.03. The fourth-order valence-corrected chi connectivity index (χ4v) is 3.22. The number of nitrogens with one attached hydrogen (secondary N) is 1. The van der Waals surface area contributed by atoms with E-state index in [4.69, 9.17) is 10.5 Å². The Morgan fingerprint density at radius 1 is 1.12 bits per heavy atom. The van der Waals surface area contributed by atoms with Crippen molar-refractivity contribution in [2.45, 2.75) is 32.4 Å². The van der Waals surface area contributed by atoms with E-state index in [-0.39, 0.29) is 6.17 Å². The van der Waals surface area contributed by atoms with Crippen molar-refractivity contribution >= 4 is 22.9 Å². The average molecular weight is 349 g/mol. The second-order valence-corrected chi connectivity index (χ2v) is 6.43. The van der Waals surface area contributed by atoms with Gasteiger partial charge in [0.05, 0.1) is 17.6 Å². The lowest BCUT2D eigenvalue weighted by Gasteiger charge is -2.24. The highest BCUT2D eigenvalue weighted by molar-refractivity contribution is 5.94. The third-order valence-electron chi connectivity index (χ3n) is 4.54. The van der Waals surface area contributed by atoms with Crippen molar-refractivity contribution < 1.29 is 4.74 Å². The molecule has 0 saturated heterocycles. The minimum Gasteiger partial charge on any atom is -0.494 e. The van der Waals surface area contributed by atoms with Crippen LogP contribution in [0.1, 0.15) is 37.9 Å². The Kier molecular flexibility index (Phi) is 4.48. The van der Waals surface area contributed by atoms with Gasteiger partial charge in [-0.3, -0.25) is 9.88 Å². The van der Waals surface area contributed by atoms with Gasteiger partial charge in [0.25, 0.3) is 0 Å². The molecule has 0 radical (unpaired) electrons. The molecule has 134 valence electrons. The Morgan fingerprint density at radius 3 is 2.73 bits per heavy atom. The van der Waals surface area contributed by atoms with Crippen molar-refractivity contribution in [1.29, 1.82) is 0 Å². The first-order chi connectivity index (χ1) is 12.8. The van der Waals surface area contributed by atoms with Crippen molar-refractivity contribution in [3.05, 3.63) is 54.1 Å². The fraction of sp³-hybridized carbons (Fsp3) is 0.300. The minimum atomic E-state index is -0.243. The molecule has 0 amide bonds. The highest BCUT2D eigenvalue weighted by Crippen LogP contribution is 2.32. The Bertz CT molecular complexity index is 929. The summed E-state index contributed by atoms with van der Waals surface area (Å²) in [5, 5.41) is 3.06. The molecular weight excluding hydrogens is 326 g/mol. The molecule has 2 heterocycles. The van der Waals surface area contributed by atoms with Crippen molar-refractivity contribution in [1.82, 2.24) is 9.55 Å². The van der Waals surface area contributed by atoms with E-state index < -0.39 is 0 Å². The number of benzene rings is 2. The molecule has 4 rings (SSSR count). The number of imidazole rings is 1. The lowest BCUT2D eigenvalue weighted by atomic mass is 10.1. The largest absolute Gasteiger partial charge is 0.494 e. The van der Waals surface area contributed by atoms with Crippen LogP contribution in [-0.2, 0) is 0 Å². The van der Waals surface area contributed by atoms with Gasteiger partial charge in [-0.15, -0.1) is 0 Å². The third kappa shape index (κ3) is 3.10. The summed E-state index contributed by atoms with van der Waals surface area (Å²) in [5.74, 6) is 1.97. The maximum Gasteiger partial charge on any atom is 0.212 e. The normalized spacial score (nSPS) is 16.0. The van der Waals surface area contributed by atoms with Crippen LogP contribution in [0, 0.1) is 0 Å². The molecule has 0 aliphatic carbocycles. The zero-order chi connectivity index (χ0) is 17.9. The van der Waals surface area contributed by atoms with Crippen LogP contribution in [-0.4, -0.2) is 22.1 Å². The van der Waals surface area contributed by atoms with E-state index in [2.05, 4.69) is 26.8 Å². The molecule has 0 spiro atoms. The third-order valence-corrected chi connectivity index (χ3v) is 4.54. The predicted molar refractivity (Wildman–Crippen MR) is 105 cm³/mol. The monoisotopic (exact) mass is 349 g/mol. The van der Waals surface area contributed by atoms with Gasteiger partial charge < -0.3 is 10.5 Å². The summed E-state index contributed by atoms with van der Waals surface area (Å²) < 4.78 is 7.88. The van der Waals surface area contributed by atoms with Crippen molar-refractivity contribution in [3.8, 4) is 5.75 Å². The van der Waals surface area contributed by atoms with Gasteiger partial charge in [0.1, 0.15) is 5.75 Å². The molecule has 3 aromatic rings. The first kappa shape index (κ1) is 16.4.